The zero-order chi connectivity index (χ0) is 35.0. The summed E-state index contributed by atoms with van der Waals surface area (Å²) in [6.45, 7) is 4.76. The van der Waals surface area contributed by atoms with Crippen molar-refractivity contribution < 1.29 is 35.8 Å². The van der Waals surface area contributed by atoms with Crippen molar-refractivity contribution >= 4 is 35.2 Å². The Kier molecular flexibility index (Phi) is 7.95. The molecule has 227 valence electrons. The number of fused-ring (bicyclic) bond motifs is 3. The third kappa shape index (κ3) is 7.51. The Bertz CT molecular complexity index is 2180. The van der Waals surface area contributed by atoms with Crippen molar-refractivity contribution in [1.29, 1.82) is 0 Å². The van der Waals surface area contributed by atoms with Crippen LogP contribution in [0.1, 0.15) is 23.7 Å². The van der Waals surface area contributed by atoms with Crippen LogP contribution in [0, 0.1) is 24.8 Å². The molecule has 0 amide bonds. The molecule has 0 aliphatic rings. The Morgan fingerprint density at radius 3 is 2.31 bits per heavy atom. The first-order chi connectivity index (χ1) is 23.2. The summed E-state index contributed by atoms with van der Waals surface area (Å²) in [5, 5.41) is 2.58. The van der Waals surface area contributed by atoms with Crippen LogP contribution in [0.2, 0.25) is 19.6 Å². The summed E-state index contributed by atoms with van der Waals surface area (Å²) in [5.74, 6) is -0.386. The minimum atomic E-state index is -2.08. The standard InChI is InChI=1S/C23H14FN2O.C15H18NSi.Ir/c24-17-8-10-25-19(14-17)16-6-7-21-18(13-16)23-20(26-11-9-22(23)27-21)12-15-4-2-1-3-5-15;1-12-5-7-13(8-6-12)15-10-9-14(11-16-15)17(2,3)4;/h1-5,7-11,13-14H,12H2;5-7,9-11H,1-4H3;/q2*-1;/i12D2;1D3;. The van der Waals surface area contributed by atoms with E-state index in [1.165, 1.54) is 29.6 Å². The Morgan fingerprint density at radius 2 is 1.62 bits per heavy atom. The molecule has 0 N–H and O–H groups in total. The molecule has 0 atom stereocenters. The van der Waals surface area contributed by atoms with Crippen molar-refractivity contribution in [2.45, 2.75) is 32.9 Å². The largest absolute Gasteiger partial charge is 0.500 e. The molecule has 0 spiro atoms. The fraction of sp³-hybridized carbons (Fsp3) is 0.132. The predicted octanol–water partition coefficient (Wildman–Crippen LogP) is 8.97. The molecule has 4 nitrogen and oxygen atoms in total. The summed E-state index contributed by atoms with van der Waals surface area (Å²) in [6, 6.07) is 31.8. The van der Waals surface area contributed by atoms with E-state index in [0.29, 0.717) is 44.3 Å². The van der Waals surface area contributed by atoms with E-state index in [2.05, 4.69) is 52.8 Å². The molecule has 45 heavy (non-hydrogen) atoms. The van der Waals surface area contributed by atoms with Crippen LogP contribution in [0.4, 0.5) is 4.39 Å². The molecule has 4 heterocycles. The quantitative estimate of drug-likeness (QED) is 0.129. The van der Waals surface area contributed by atoms with Crippen molar-refractivity contribution in [3.63, 3.8) is 0 Å². The number of hydrogen-bond acceptors (Lipinski definition) is 4. The molecule has 4 aromatic heterocycles. The van der Waals surface area contributed by atoms with E-state index in [1.54, 1.807) is 60.8 Å². The maximum atomic E-state index is 13.6. The van der Waals surface area contributed by atoms with Crippen LogP contribution in [0.25, 0.3) is 44.5 Å². The molecule has 7 aromatic rings. The van der Waals surface area contributed by atoms with Crippen LogP contribution in [0.15, 0.2) is 114 Å². The zero-order valence-corrected chi connectivity index (χ0v) is 28.2. The topological polar surface area (TPSA) is 51.8 Å². The van der Waals surface area contributed by atoms with Gasteiger partial charge in [0.05, 0.1) is 19.4 Å². The van der Waals surface area contributed by atoms with E-state index in [4.69, 9.17) is 11.3 Å². The Hall–Kier alpha value is -4.29. The average molecular weight is 791 g/mol. The third-order valence-corrected chi connectivity index (χ3v) is 9.10. The van der Waals surface area contributed by atoms with E-state index in [1.807, 2.05) is 18.3 Å². The van der Waals surface area contributed by atoms with Crippen LogP contribution in [0.3, 0.4) is 0 Å². The minimum Gasteiger partial charge on any atom is -0.500 e. The molecular formula is C38H32FIrN3OSi-2. The summed E-state index contributed by atoms with van der Waals surface area (Å²) in [5.41, 5.74) is 4.84. The number of furan rings is 1. The van der Waals surface area contributed by atoms with Gasteiger partial charge < -0.3 is 14.4 Å². The van der Waals surface area contributed by atoms with Gasteiger partial charge in [-0.15, -0.1) is 59.2 Å². The summed E-state index contributed by atoms with van der Waals surface area (Å²) in [6.07, 6.45) is 3.04. The molecule has 0 fully saturated rings. The first-order valence-corrected chi connectivity index (χ1v) is 17.6. The van der Waals surface area contributed by atoms with Crippen LogP contribution in [0.5, 0.6) is 0 Å². The molecule has 1 radical (unpaired) electrons. The molecular weight excluding hydrogens is 754 g/mol. The number of hydrogen-bond donors (Lipinski definition) is 0. The van der Waals surface area contributed by atoms with E-state index >= 15 is 0 Å². The molecule has 0 unspecified atom stereocenters. The monoisotopic (exact) mass is 791 g/mol. The molecule has 0 bridgehead atoms. The molecule has 3 aromatic carbocycles. The van der Waals surface area contributed by atoms with E-state index in [0.717, 1.165) is 11.3 Å². The second kappa shape index (κ2) is 13.8. The number of aryl methyl sites for hydroxylation is 1. The van der Waals surface area contributed by atoms with Crippen LogP contribution >= 0.6 is 0 Å². The first-order valence-electron chi connectivity index (χ1n) is 16.6. The molecule has 0 aliphatic heterocycles. The minimum absolute atomic E-state index is 0. The van der Waals surface area contributed by atoms with Gasteiger partial charge in [0.15, 0.2) is 0 Å². The number of benzene rings is 3. The molecule has 7 heteroatoms. The van der Waals surface area contributed by atoms with E-state index < -0.39 is 21.3 Å². The van der Waals surface area contributed by atoms with Gasteiger partial charge in [-0.1, -0.05) is 74.3 Å². The zero-order valence-electron chi connectivity index (χ0n) is 29.9. The Morgan fingerprint density at radius 1 is 0.822 bits per heavy atom. The van der Waals surface area contributed by atoms with Gasteiger partial charge in [-0.2, -0.15) is 0 Å². The normalized spacial score (nSPS) is 13.4. The molecule has 0 saturated heterocycles. The number of pyridine rings is 3. The summed E-state index contributed by atoms with van der Waals surface area (Å²) in [7, 11) is -1.34. The van der Waals surface area contributed by atoms with Gasteiger partial charge in [0.2, 0.25) is 0 Å². The number of aromatic nitrogens is 3. The Labute approximate surface area is 284 Å². The summed E-state index contributed by atoms with van der Waals surface area (Å²) < 4.78 is 59.1. The number of rotatable bonds is 5. The maximum Gasteiger partial charge on any atom is 0.124 e. The van der Waals surface area contributed by atoms with Gasteiger partial charge >= 0.3 is 0 Å². The smallest absolute Gasteiger partial charge is 0.124 e. The maximum absolute atomic E-state index is 13.6. The van der Waals surface area contributed by atoms with E-state index in [-0.39, 0.29) is 31.6 Å². The Balaban J connectivity index is 0.000000204. The van der Waals surface area contributed by atoms with Gasteiger partial charge in [-0.25, -0.2) is 4.39 Å². The van der Waals surface area contributed by atoms with Crippen molar-refractivity contribution in [3.05, 3.63) is 144 Å². The van der Waals surface area contributed by atoms with Crippen molar-refractivity contribution in [3.8, 4) is 22.5 Å². The number of nitrogens with zero attached hydrogens (tertiary/aromatic N) is 3. The second-order valence-electron chi connectivity index (χ2n) is 11.3. The number of halogens is 1. The first kappa shape index (κ1) is 26.0. The SMILES string of the molecule is [2H]C([2H])([2H])c1c[c-]c(-c2ccc([Si](C)(C)C)cn2)cc1.[2H]C([2H])(c1ccccc1)c1nccc2oc3c[c-]c(-c4cc(F)ccn4)cc3c12.[Ir]. The fourth-order valence-electron chi connectivity index (χ4n) is 4.70. The molecule has 7 rings (SSSR count). The molecule has 0 aliphatic carbocycles. The van der Waals surface area contributed by atoms with Crippen molar-refractivity contribution in [1.82, 2.24) is 15.0 Å². The van der Waals surface area contributed by atoms with Crippen molar-refractivity contribution in [2.75, 3.05) is 0 Å². The molecule has 0 saturated carbocycles. The van der Waals surface area contributed by atoms with Crippen LogP contribution in [-0.2, 0) is 26.5 Å². The van der Waals surface area contributed by atoms with Crippen LogP contribution < -0.4 is 5.19 Å². The predicted molar refractivity (Wildman–Crippen MR) is 179 cm³/mol. The third-order valence-electron chi connectivity index (χ3n) is 7.07. The fourth-order valence-corrected chi connectivity index (χ4v) is 5.73. The van der Waals surface area contributed by atoms with Gasteiger partial charge in [0, 0.05) is 57.3 Å². The van der Waals surface area contributed by atoms with Gasteiger partial charge in [0.1, 0.15) is 11.4 Å². The second-order valence-corrected chi connectivity index (χ2v) is 16.4. The van der Waals surface area contributed by atoms with E-state index in [9.17, 15) is 4.39 Å². The van der Waals surface area contributed by atoms with Crippen LogP contribution in [-0.4, -0.2) is 23.0 Å². The van der Waals surface area contributed by atoms with Gasteiger partial charge in [-0.3, -0.25) is 4.98 Å². The van der Waals surface area contributed by atoms with Gasteiger partial charge in [-0.05, 0) is 40.3 Å². The van der Waals surface area contributed by atoms with Crippen molar-refractivity contribution in [2.24, 2.45) is 0 Å². The summed E-state index contributed by atoms with van der Waals surface area (Å²) in [4.78, 5) is 13.1. The average Bonchev–Trinajstić information content (AvgIpc) is 3.46. The summed E-state index contributed by atoms with van der Waals surface area (Å²) >= 11 is 0. The van der Waals surface area contributed by atoms with Gasteiger partial charge in [0.25, 0.3) is 0 Å².